The molecule has 3 aromatic rings. The molecule has 2 saturated heterocycles. The molecule has 10 heteroatoms. The Balaban J connectivity index is 1.58. The quantitative estimate of drug-likeness (QED) is 0.254. The van der Waals surface area contributed by atoms with Crippen molar-refractivity contribution in [2.24, 2.45) is 0 Å². The predicted molar refractivity (Wildman–Crippen MR) is 145 cm³/mol. The number of carbonyl (C=O) groups is 2. The molecule has 0 saturated carbocycles. The molecule has 0 spiro atoms. The first-order valence-corrected chi connectivity index (χ1v) is 13.3. The van der Waals surface area contributed by atoms with Crippen LogP contribution >= 0.6 is 0 Å². The highest BCUT2D eigenvalue weighted by molar-refractivity contribution is 6.46. The third-order valence-electron chi connectivity index (χ3n) is 7.25. The summed E-state index contributed by atoms with van der Waals surface area (Å²) < 4.78 is 18.4. The Kier molecular flexibility index (Phi) is 7.85. The maximum absolute atomic E-state index is 13.6. The summed E-state index contributed by atoms with van der Waals surface area (Å²) >= 11 is 0. The van der Waals surface area contributed by atoms with Gasteiger partial charge in [0.15, 0.2) is 17.3 Å². The number of morpholine rings is 1. The zero-order valence-corrected chi connectivity index (χ0v) is 22.6. The van der Waals surface area contributed by atoms with Gasteiger partial charge in [-0.2, -0.15) is 0 Å². The second-order valence-electron chi connectivity index (χ2n) is 9.62. The van der Waals surface area contributed by atoms with Gasteiger partial charge in [-0.3, -0.25) is 18.9 Å². The average Bonchev–Trinajstić information content (AvgIpc) is 3.42. The largest absolute Gasteiger partial charge is 0.505 e. The van der Waals surface area contributed by atoms with Crippen molar-refractivity contribution in [1.29, 1.82) is 0 Å². The number of aryl methyl sites for hydroxylation is 1. The molecule has 2 aliphatic rings. The van der Waals surface area contributed by atoms with Crippen LogP contribution in [-0.2, 0) is 14.3 Å². The highest BCUT2D eigenvalue weighted by atomic mass is 16.5. The molecular formula is C29H34N4O6. The van der Waals surface area contributed by atoms with E-state index >= 15 is 0 Å². The van der Waals surface area contributed by atoms with Crippen LogP contribution in [0.4, 0.5) is 0 Å². The summed E-state index contributed by atoms with van der Waals surface area (Å²) in [5, 5.41) is 11.7. The summed E-state index contributed by atoms with van der Waals surface area (Å²) in [7, 11) is 1.54. The predicted octanol–water partition coefficient (Wildman–Crippen LogP) is 3.19. The van der Waals surface area contributed by atoms with Gasteiger partial charge in [0.2, 0.25) is 0 Å². The highest BCUT2D eigenvalue weighted by Gasteiger charge is 2.46. The van der Waals surface area contributed by atoms with Crippen molar-refractivity contribution in [3.63, 3.8) is 0 Å². The SMILES string of the molecule is CCOc1ccc(C2C(=C(O)c3c(C)nc4ccccn34)C(=O)C(=O)N2CCCN2CCOCC2)cc1OC. The molecule has 2 fully saturated rings. The lowest BCUT2D eigenvalue weighted by Gasteiger charge is -2.29. The molecule has 0 bridgehead atoms. The van der Waals surface area contributed by atoms with Crippen molar-refractivity contribution in [3.05, 3.63) is 65.1 Å². The number of aliphatic hydroxyl groups excluding tert-OH is 1. The number of hydrogen-bond acceptors (Lipinski definition) is 8. The molecule has 1 amide bonds. The topological polar surface area (TPSA) is 106 Å². The Bertz CT molecular complexity index is 1410. The number of ether oxygens (including phenoxy) is 3. The molecular weight excluding hydrogens is 500 g/mol. The lowest BCUT2D eigenvalue weighted by molar-refractivity contribution is -0.140. The summed E-state index contributed by atoms with van der Waals surface area (Å²) in [6, 6.07) is 10.1. The van der Waals surface area contributed by atoms with E-state index in [-0.39, 0.29) is 11.3 Å². The number of aliphatic hydroxyl groups is 1. The van der Waals surface area contributed by atoms with Gasteiger partial charge in [-0.25, -0.2) is 4.98 Å². The molecule has 0 aliphatic carbocycles. The van der Waals surface area contributed by atoms with Gasteiger partial charge >= 0.3 is 0 Å². The van der Waals surface area contributed by atoms with Crippen LogP contribution in [0.25, 0.3) is 11.4 Å². The lowest BCUT2D eigenvalue weighted by atomic mass is 9.95. The number of ketones is 1. The number of amides is 1. The molecule has 2 aliphatic heterocycles. The first-order valence-electron chi connectivity index (χ1n) is 13.3. The van der Waals surface area contributed by atoms with Crippen molar-refractivity contribution in [3.8, 4) is 11.5 Å². The number of benzene rings is 1. The van der Waals surface area contributed by atoms with E-state index in [1.54, 1.807) is 41.7 Å². The number of pyridine rings is 1. The Morgan fingerprint density at radius 1 is 1.13 bits per heavy atom. The van der Waals surface area contributed by atoms with Crippen molar-refractivity contribution >= 4 is 23.1 Å². The second kappa shape index (κ2) is 11.5. The van der Waals surface area contributed by atoms with Gasteiger partial charge in [-0.1, -0.05) is 12.1 Å². The molecule has 0 radical (unpaired) electrons. The number of aromatic nitrogens is 2. The van der Waals surface area contributed by atoms with Gasteiger partial charge in [-0.05, 0) is 50.1 Å². The van der Waals surface area contributed by atoms with E-state index in [9.17, 15) is 14.7 Å². The fraction of sp³-hybridized carbons (Fsp3) is 0.414. The van der Waals surface area contributed by atoms with Crippen LogP contribution in [0.3, 0.4) is 0 Å². The van der Waals surface area contributed by atoms with E-state index in [4.69, 9.17) is 14.2 Å². The summed E-state index contributed by atoms with van der Waals surface area (Å²) in [5.74, 6) is -0.562. The average molecular weight is 535 g/mol. The maximum atomic E-state index is 13.6. The first-order chi connectivity index (χ1) is 18.9. The number of Topliss-reactive ketones (excluding diaryl/α,β-unsaturated/α-hetero) is 1. The van der Waals surface area contributed by atoms with Crippen LogP contribution in [0, 0.1) is 6.92 Å². The molecule has 2 aromatic heterocycles. The van der Waals surface area contributed by atoms with E-state index < -0.39 is 17.7 Å². The maximum Gasteiger partial charge on any atom is 0.295 e. The Hall–Kier alpha value is -3.89. The summed E-state index contributed by atoms with van der Waals surface area (Å²) in [6.45, 7) is 8.30. The number of hydrogen-bond donors (Lipinski definition) is 1. The zero-order chi connectivity index (χ0) is 27.5. The second-order valence-corrected chi connectivity index (χ2v) is 9.62. The molecule has 10 nitrogen and oxygen atoms in total. The normalized spacial score (nSPS) is 19.7. The number of imidazole rings is 1. The number of nitrogens with zero attached hydrogens (tertiary/aromatic N) is 4. The number of likely N-dealkylation sites (tertiary alicyclic amines) is 1. The molecule has 4 heterocycles. The zero-order valence-electron chi connectivity index (χ0n) is 22.6. The van der Waals surface area contributed by atoms with Crippen LogP contribution in [0.1, 0.15) is 36.3 Å². The van der Waals surface area contributed by atoms with Crippen LogP contribution in [0.5, 0.6) is 11.5 Å². The third kappa shape index (κ3) is 5.09. The lowest BCUT2D eigenvalue weighted by Crippen LogP contribution is -2.39. The molecule has 1 atom stereocenters. The molecule has 206 valence electrons. The third-order valence-corrected chi connectivity index (χ3v) is 7.25. The minimum absolute atomic E-state index is 0.0336. The standard InChI is InChI=1S/C29H34N4O6/c1-4-39-21-10-9-20(18-22(21)37-3)26-24(27(34)25-19(2)30-23-8-5-6-12-32(23)25)28(35)29(36)33(26)13-7-11-31-14-16-38-17-15-31/h5-6,8-10,12,18,26,34H,4,7,11,13-17H2,1-3H3. The minimum Gasteiger partial charge on any atom is -0.505 e. The van der Waals surface area contributed by atoms with Gasteiger partial charge in [0.1, 0.15) is 11.3 Å². The fourth-order valence-corrected chi connectivity index (χ4v) is 5.40. The van der Waals surface area contributed by atoms with Gasteiger partial charge in [0.25, 0.3) is 11.7 Å². The van der Waals surface area contributed by atoms with E-state index in [0.717, 1.165) is 19.6 Å². The monoisotopic (exact) mass is 534 g/mol. The van der Waals surface area contributed by atoms with Crippen molar-refractivity contribution in [1.82, 2.24) is 19.2 Å². The highest BCUT2D eigenvalue weighted by Crippen LogP contribution is 2.42. The number of fused-ring (bicyclic) bond motifs is 1. The number of rotatable bonds is 9. The Morgan fingerprint density at radius 3 is 2.67 bits per heavy atom. The summed E-state index contributed by atoms with van der Waals surface area (Å²) in [6.07, 6.45) is 2.45. The smallest absolute Gasteiger partial charge is 0.295 e. The van der Waals surface area contributed by atoms with Crippen LogP contribution in [0.2, 0.25) is 0 Å². The molecule has 1 aromatic carbocycles. The van der Waals surface area contributed by atoms with E-state index in [2.05, 4.69) is 9.88 Å². The van der Waals surface area contributed by atoms with Crippen LogP contribution in [0.15, 0.2) is 48.2 Å². The van der Waals surface area contributed by atoms with Crippen molar-refractivity contribution in [2.75, 3.05) is 53.1 Å². The Labute approximate surface area is 227 Å². The molecule has 39 heavy (non-hydrogen) atoms. The van der Waals surface area contributed by atoms with Crippen molar-refractivity contribution < 1.29 is 28.9 Å². The van der Waals surface area contributed by atoms with E-state index in [1.165, 1.54) is 0 Å². The van der Waals surface area contributed by atoms with E-state index in [0.29, 0.717) is 66.9 Å². The van der Waals surface area contributed by atoms with Gasteiger partial charge in [0.05, 0.1) is 44.2 Å². The van der Waals surface area contributed by atoms with Gasteiger partial charge < -0.3 is 24.2 Å². The fourth-order valence-electron chi connectivity index (χ4n) is 5.40. The van der Waals surface area contributed by atoms with Crippen molar-refractivity contribution in [2.45, 2.75) is 26.3 Å². The summed E-state index contributed by atoms with van der Waals surface area (Å²) in [5.41, 5.74) is 2.26. The summed E-state index contributed by atoms with van der Waals surface area (Å²) in [4.78, 5) is 35.4. The van der Waals surface area contributed by atoms with Gasteiger partial charge in [-0.15, -0.1) is 0 Å². The molecule has 1 N–H and O–H groups in total. The number of carbonyl (C=O) groups excluding carboxylic acids is 2. The van der Waals surface area contributed by atoms with Crippen LogP contribution in [-0.4, -0.2) is 89.1 Å². The Morgan fingerprint density at radius 2 is 1.92 bits per heavy atom. The van der Waals surface area contributed by atoms with Crippen LogP contribution < -0.4 is 9.47 Å². The molecule has 1 unspecified atom stereocenters. The number of methoxy groups -OCH3 is 1. The van der Waals surface area contributed by atoms with E-state index in [1.807, 2.05) is 31.2 Å². The molecule has 5 rings (SSSR count). The minimum atomic E-state index is -0.798. The van der Waals surface area contributed by atoms with Gasteiger partial charge in [0, 0.05) is 32.4 Å². The first kappa shape index (κ1) is 26.7.